The van der Waals surface area contributed by atoms with Crippen LogP contribution in [-0.4, -0.2) is 49.4 Å². The number of carbonyl (C=O) groups excluding carboxylic acids is 4. The van der Waals surface area contributed by atoms with Gasteiger partial charge in [-0.2, -0.15) is 0 Å². The predicted octanol–water partition coefficient (Wildman–Crippen LogP) is 4.19. The maximum atomic E-state index is 13.6. The Balaban J connectivity index is 3.35. The van der Waals surface area contributed by atoms with Gasteiger partial charge in [-0.05, 0) is 52.7 Å². The van der Waals surface area contributed by atoms with E-state index in [4.69, 9.17) is 25.8 Å². The molecule has 1 aromatic rings. The van der Waals surface area contributed by atoms with Crippen molar-refractivity contribution in [2.45, 2.75) is 59.0 Å². The van der Waals surface area contributed by atoms with Gasteiger partial charge in [-0.1, -0.05) is 30.2 Å². The lowest BCUT2D eigenvalue weighted by Gasteiger charge is -2.32. The lowest BCUT2D eigenvalue weighted by molar-refractivity contribution is -0.168. The van der Waals surface area contributed by atoms with Crippen LogP contribution >= 0.6 is 11.6 Å². The highest BCUT2D eigenvalue weighted by atomic mass is 35.5. The van der Waals surface area contributed by atoms with Gasteiger partial charge >= 0.3 is 11.9 Å². The number of hydrogen-bond donors (Lipinski definition) is 0. The van der Waals surface area contributed by atoms with Crippen LogP contribution in [0.5, 0.6) is 0 Å². The molecule has 0 aliphatic carbocycles. The summed E-state index contributed by atoms with van der Waals surface area (Å²) in [7, 11) is 1.31. The number of Topliss-reactive ketones (excluding diaryl/α,β-unsaturated/α-hetero) is 2. The largest absolute Gasteiger partial charge is 0.466 e. The van der Waals surface area contributed by atoms with Crippen molar-refractivity contribution >= 4 is 35.1 Å². The zero-order chi connectivity index (χ0) is 23.7. The minimum absolute atomic E-state index is 0.113. The molecule has 0 saturated heterocycles. The molecule has 0 aromatic heterocycles. The van der Waals surface area contributed by atoms with Gasteiger partial charge in [-0.25, -0.2) is 0 Å². The van der Waals surface area contributed by atoms with Gasteiger partial charge in [0.25, 0.3) is 0 Å². The summed E-state index contributed by atoms with van der Waals surface area (Å²) in [4.78, 5) is 51.6. The van der Waals surface area contributed by atoms with Crippen molar-refractivity contribution in [3.8, 4) is 0 Å². The molecule has 1 unspecified atom stereocenters. The van der Waals surface area contributed by atoms with E-state index < -0.39 is 35.2 Å². The van der Waals surface area contributed by atoms with Crippen LogP contribution in [0.4, 0.5) is 0 Å². The van der Waals surface area contributed by atoms with Crippen molar-refractivity contribution in [1.82, 2.24) is 0 Å². The lowest BCUT2D eigenvalue weighted by Crippen LogP contribution is -2.50. The molecule has 0 aliphatic rings. The summed E-state index contributed by atoms with van der Waals surface area (Å²) in [6.07, 6.45) is 0.573. The van der Waals surface area contributed by atoms with Crippen molar-refractivity contribution in [3.05, 3.63) is 34.9 Å². The molecule has 0 N–H and O–H groups in total. The molecule has 1 aromatic carbocycles. The molecular formula is C23H31ClO7. The SMILES string of the molecule is CCOC(=O)CCCCC(C(=O)COC)(C(=O)OC(C)(C)C)C(=O)c1cccc(Cl)c1. The molecule has 0 aliphatic heterocycles. The highest BCUT2D eigenvalue weighted by molar-refractivity contribution is 6.32. The fourth-order valence-electron chi connectivity index (χ4n) is 3.08. The smallest absolute Gasteiger partial charge is 0.328 e. The van der Waals surface area contributed by atoms with E-state index in [0.29, 0.717) is 11.4 Å². The van der Waals surface area contributed by atoms with Crippen LogP contribution in [0.15, 0.2) is 24.3 Å². The Morgan fingerprint density at radius 1 is 1.06 bits per heavy atom. The summed E-state index contributed by atoms with van der Waals surface area (Å²) in [5.74, 6) is -2.73. The van der Waals surface area contributed by atoms with Crippen LogP contribution < -0.4 is 0 Å². The summed E-state index contributed by atoms with van der Waals surface area (Å²) in [6, 6.07) is 6.05. The third kappa shape index (κ3) is 7.74. The van der Waals surface area contributed by atoms with E-state index in [1.807, 2.05) is 0 Å². The van der Waals surface area contributed by atoms with E-state index >= 15 is 0 Å². The molecule has 1 rings (SSSR count). The topological polar surface area (TPSA) is 96.0 Å². The Bertz CT molecular complexity index is 797. The first-order chi connectivity index (χ1) is 14.5. The van der Waals surface area contributed by atoms with Crippen molar-refractivity contribution in [1.29, 1.82) is 0 Å². The fourth-order valence-corrected chi connectivity index (χ4v) is 3.27. The number of ether oxygens (including phenoxy) is 3. The maximum absolute atomic E-state index is 13.6. The molecule has 0 amide bonds. The van der Waals surface area contributed by atoms with Crippen molar-refractivity contribution in [2.24, 2.45) is 5.41 Å². The quantitative estimate of drug-likeness (QED) is 0.202. The second-order valence-corrected chi connectivity index (χ2v) is 8.55. The number of carbonyl (C=O) groups is 4. The minimum Gasteiger partial charge on any atom is -0.466 e. The van der Waals surface area contributed by atoms with Crippen molar-refractivity contribution < 1.29 is 33.4 Å². The molecule has 172 valence electrons. The number of halogens is 1. The first kappa shape index (κ1) is 26.8. The third-order valence-electron chi connectivity index (χ3n) is 4.46. The molecule has 0 fully saturated rings. The van der Waals surface area contributed by atoms with E-state index in [2.05, 4.69) is 0 Å². The van der Waals surface area contributed by atoms with Crippen LogP contribution in [0, 0.1) is 5.41 Å². The van der Waals surface area contributed by atoms with Crippen LogP contribution in [0.25, 0.3) is 0 Å². The van der Waals surface area contributed by atoms with Crippen molar-refractivity contribution in [3.63, 3.8) is 0 Å². The molecular weight excluding hydrogens is 424 g/mol. The average molecular weight is 455 g/mol. The van der Waals surface area contributed by atoms with Crippen LogP contribution in [0.1, 0.15) is 63.7 Å². The van der Waals surface area contributed by atoms with Crippen LogP contribution in [-0.2, 0) is 28.6 Å². The second-order valence-electron chi connectivity index (χ2n) is 8.12. The molecule has 1 atom stereocenters. The second kappa shape index (κ2) is 12.0. The minimum atomic E-state index is -2.11. The summed E-state index contributed by atoms with van der Waals surface area (Å²) in [5, 5.41) is 0.297. The summed E-state index contributed by atoms with van der Waals surface area (Å²) >= 11 is 6.03. The molecule has 31 heavy (non-hydrogen) atoms. The first-order valence-electron chi connectivity index (χ1n) is 10.2. The van der Waals surface area contributed by atoms with Gasteiger partial charge in [-0.3, -0.25) is 19.2 Å². The number of esters is 2. The molecule has 0 saturated carbocycles. The zero-order valence-corrected chi connectivity index (χ0v) is 19.5. The maximum Gasteiger partial charge on any atom is 0.328 e. The number of ketones is 2. The van der Waals surface area contributed by atoms with Gasteiger partial charge < -0.3 is 14.2 Å². The summed E-state index contributed by atoms with van der Waals surface area (Å²) in [6.45, 7) is 6.49. The number of benzene rings is 1. The van der Waals surface area contributed by atoms with Gasteiger partial charge in [0.05, 0.1) is 6.61 Å². The third-order valence-corrected chi connectivity index (χ3v) is 4.70. The van der Waals surface area contributed by atoms with Gasteiger partial charge in [0, 0.05) is 24.1 Å². The fraction of sp³-hybridized carbons (Fsp3) is 0.565. The van der Waals surface area contributed by atoms with E-state index in [-0.39, 0.29) is 37.4 Å². The average Bonchev–Trinajstić information content (AvgIpc) is 2.66. The lowest BCUT2D eigenvalue weighted by atomic mass is 9.72. The number of unbranched alkanes of at least 4 members (excludes halogenated alkanes) is 1. The molecule has 0 radical (unpaired) electrons. The monoisotopic (exact) mass is 454 g/mol. The van der Waals surface area contributed by atoms with Gasteiger partial charge in [0.15, 0.2) is 17.0 Å². The molecule has 8 heteroatoms. The molecule has 7 nitrogen and oxygen atoms in total. The van der Waals surface area contributed by atoms with Gasteiger partial charge in [0.2, 0.25) is 0 Å². The van der Waals surface area contributed by atoms with E-state index in [0.717, 1.165) is 0 Å². The van der Waals surface area contributed by atoms with E-state index in [1.165, 1.54) is 19.2 Å². The Labute approximate surface area is 188 Å². The summed E-state index contributed by atoms with van der Waals surface area (Å²) in [5.41, 5.74) is -2.91. The Morgan fingerprint density at radius 2 is 1.74 bits per heavy atom. The molecule has 0 heterocycles. The van der Waals surface area contributed by atoms with Crippen molar-refractivity contribution in [2.75, 3.05) is 20.3 Å². The Morgan fingerprint density at radius 3 is 2.29 bits per heavy atom. The highest BCUT2D eigenvalue weighted by Crippen LogP contribution is 2.35. The normalized spacial score (nSPS) is 13.2. The van der Waals surface area contributed by atoms with Gasteiger partial charge in [0.1, 0.15) is 12.2 Å². The molecule has 0 bridgehead atoms. The van der Waals surface area contributed by atoms with E-state index in [1.54, 1.807) is 39.8 Å². The number of methoxy groups -OCH3 is 1. The Kier molecular flexibility index (Phi) is 10.3. The molecule has 0 spiro atoms. The van der Waals surface area contributed by atoms with E-state index in [9.17, 15) is 19.2 Å². The first-order valence-corrected chi connectivity index (χ1v) is 10.6. The van der Waals surface area contributed by atoms with Gasteiger partial charge in [-0.15, -0.1) is 0 Å². The van der Waals surface area contributed by atoms with Crippen LogP contribution in [0.2, 0.25) is 5.02 Å². The predicted molar refractivity (Wildman–Crippen MR) is 116 cm³/mol. The number of hydrogen-bond acceptors (Lipinski definition) is 7. The van der Waals surface area contributed by atoms with Crippen LogP contribution in [0.3, 0.4) is 0 Å². The number of rotatable bonds is 12. The zero-order valence-electron chi connectivity index (χ0n) is 18.8. The Hall–Kier alpha value is -2.25. The standard InChI is InChI=1S/C23H31ClO7/c1-6-30-19(26)12-7-8-13-23(18(25)15-29-5,21(28)31-22(2,3)4)20(27)16-10-9-11-17(24)14-16/h9-11,14H,6-8,12-13,15H2,1-5H3. The summed E-state index contributed by atoms with van der Waals surface area (Å²) < 4.78 is 15.4. The highest BCUT2D eigenvalue weighted by Gasteiger charge is 2.54.